The Hall–Kier alpha value is -2.07. The van der Waals surface area contributed by atoms with Gasteiger partial charge in [0.25, 0.3) is 5.56 Å². The van der Waals surface area contributed by atoms with E-state index in [2.05, 4.69) is 31.0 Å². The first-order valence-corrected chi connectivity index (χ1v) is 7.42. The Bertz CT molecular complexity index is 738. The van der Waals surface area contributed by atoms with E-state index < -0.39 is 11.2 Å². The highest BCUT2D eigenvalue weighted by Crippen LogP contribution is 2.31. The standard InChI is InChI=1S/C15H23N5O2/c1-6-20-8-11(15(2,3)9-20)17-12-10(7-16)13(21)19(5)14(22)18(12)4/h11,17H,6,8-9H2,1-5H3. The van der Waals surface area contributed by atoms with Crippen molar-refractivity contribution in [2.75, 3.05) is 25.0 Å². The lowest BCUT2D eigenvalue weighted by atomic mass is 9.88. The van der Waals surface area contributed by atoms with E-state index in [9.17, 15) is 14.9 Å². The summed E-state index contributed by atoms with van der Waals surface area (Å²) < 4.78 is 2.30. The van der Waals surface area contributed by atoms with Gasteiger partial charge in [-0.15, -0.1) is 0 Å². The molecule has 0 bridgehead atoms. The number of rotatable bonds is 3. The highest BCUT2D eigenvalue weighted by Gasteiger charge is 2.39. The molecule has 1 fully saturated rings. The number of hydrogen-bond donors (Lipinski definition) is 1. The molecule has 1 aromatic heterocycles. The Labute approximate surface area is 129 Å². The second kappa shape index (κ2) is 5.61. The zero-order chi connectivity index (χ0) is 16.7. The molecule has 120 valence electrons. The summed E-state index contributed by atoms with van der Waals surface area (Å²) in [6.45, 7) is 9.09. The quantitative estimate of drug-likeness (QED) is 0.856. The van der Waals surface area contributed by atoms with Crippen LogP contribution in [0.25, 0.3) is 0 Å². The average Bonchev–Trinajstić information content (AvgIpc) is 2.77. The van der Waals surface area contributed by atoms with Crippen LogP contribution in [-0.4, -0.2) is 39.7 Å². The lowest BCUT2D eigenvalue weighted by Crippen LogP contribution is -2.43. The monoisotopic (exact) mass is 305 g/mol. The summed E-state index contributed by atoms with van der Waals surface area (Å²) in [7, 11) is 2.96. The first kappa shape index (κ1) is 16.3. The fraction of sp³-hybridized carbons (Fsp3) is 0.667. The van der Waals surface area contributed by atoms with Crippen molar-refractivity contribution in [3.8, 4) is 6.07 Å². The van der Waals surface area contributed by atoms with Crippen molar-refractivity contribution < 1.29 is 0 Å². The molecule has 1 saturated heterocycles. The molecule has 0 radical (unpaired) electrons. The van der Waals surface area contributed by atoms with Gasteiger partial charge in [0, 0.05) is 33.2 Å². The van der Waals surface area contributed by atoms with Gasteiger partial charge in [-0.2, -0.15) is 5.26 Å². The molecule has 22 heavy (non-hydrogen) atoms. The molecule has 2 rings (SSSR count). The van der Waals surface area contributed by atoms with Gasteiger partial charge in [0.05, 0.1) is 0 Å². The molecule has 0 amide bonds. The van der Waals surface area contributed by atoms with Gasteiger partial charge in [-0.25, -0.2) is 4.79 Å². The Morgan fingerprint density at radius 3 is 2.45 bits per heavy atom. The smallest absolute Gasteiger partial charge is 0.332 e. The largest absolute Gasteiger partial charge is 0.365 e. The van der Waals surface area contributed by atoms with Gasteiger partial charge < -0.3 is 10.2 Å². The van der Waals surface area contributed by atoms with Crippen molar-refractivity contribution in [1.82, 2.24) is 14.0 Å². The van der Waals surface area contributed by atoms with Crippen LogP contribution in [0.5, 0.6) is 0 Å². The van der Waals surface area contributed by atoms with Crippen LogP contribution in [0, 0.1) is 16.7 Å². The second-order valence-corrected chi connectivity index (χ2v) is 6.55. The van der Waals surface area contributed by atoms with Crippen LogP contribution < -0.4 is 16.6 Å². The average molecular weight is 305 g/mol. The Morgan fingerprint density at radius 1 is 1.32 bits per heavy atom. The zero-order valence-electron chi connectivity index (χ0n) is 13.8. The van der Waals surface area contributed by atoms with E-state index in [0.29, 0.717) is 5.82 Å². The molecule has 0 aliphatic carbocycles. The first-order valence-electron chi connectivity index (χ1n) is 7.42. The molecule has 1 aliphatic heterocycles. The van der Waals surface area contributed by atoms with Crippen LogP contribution in [-0.2, 0) is 14.1 Å². The molecule has 2 heterocycles. The maximum Gasteiger partial charge on any atom is 0.332 e. The van der Waals surface area contributed by atoms with Crippen molar-refractivity contribution >= 4 is 5.82 Å². The molecule has 1 unspecified atom stereocenters. The molecule has 1 aliphatic rings. The number of nitriles is 1. The summed E-state index contributed by atoms with van der Waals surface area (Å²) in [4.78, 5) is 26.5. The molecule has 1 atom stereocenters. The number of likely N-dealkylation sites (N-methyl/N-ethyl adjacent to an activating group) is 1. The first-order chi connectivity index (χ1) is 10.2. The predicted octanol–water partition coefficient (Wildman–Crippen LogP) is 0.0979. The zero-order valence-corrected chi connectivity index (χ0v) is 13.8. The molecular formula is C15H23N5O2. The summed E-state index contributed by atoms with van der Waals surface area (Å²) in [5, 5.41) is 12.6. The van der Waals surface area contributed by atoms with Crippen LogP contribution in [0.3, 0.4) is 0 Å². The van der Waals surface area contributed by atoms with Gasteiger partial charge in [-0.05, 0) is 12.0 Å². The van der Waals surface area contributed by atoms with Gasteiger partial charge in [-0.3, -0.25) is 13.9 Å². The van der Waals surface area contributed by atoms with E-state index in [1.54, 1.807) is 7.05 Å². The van der Waals surface area contributed by atoms with Gasteiger partial charge in [0.15, 0.2) is 5.56 Å². The molecule has 1 N–H and O–H groups in total. The summed E-state index contributed by atoms with van der Waals surface area (Å²) in [6.07, 6.45) is 0. The van der Waals surface area contributed by atoms with E-state index in [4.69, 9.17) is 0 Å². The lowest BCUT2D eigenvalue weighted by Gasteiger charge is -2.28. The fourth-order valence-electron chi connectivity index (χ4n) is 3.02. The third-order valence-electron chi connectivity index (χ3n) is 4.55. The highest BCUT2D eigenvalue weighted by molar-refractivity contribution is 5.52. The molecule has 0 saturated carbocycles. The maximum absolute atomic E-state index is 12.1. The topological polar surface area (TPSA) is 83.1 Å². The minimum Gasteiger partial charge on any atom is -0.365 e. The predicted molar refractivity (Wildman–Crippen MR) is 84.9 cm³/mol. The summed E-state index contributed by atoms with van der Waals surface area (Å²) in [5.41, 5.74) is -1.03. The SMILES string of the molecule is CCN1CC(Nc2c(C#N)c(=O)n(C)c(=O)n2C)C(C)(C)C1. The molecule has 0 aromatic carbocycles. The van der Waals surface area contributed by atoms with Gasteiger partial charge >= 0.3 is 5.69 Å². The summed E-state index contributed by atoms with van der Waals surface area (Å²) in [5.74, 6) is 0.312. The fourth-order valence-corrected chi connectivity index (χ4v) is 3.02. The number of likely N-dealkylation sites (tertiary alicyclic amines) is 1. The van der Waals surface area contributed by atoms with Gasteiger partial charge in [-0.1, -0.05) is 20.8 Å². The number of nitrogens with one attached hydrogen (secondary N) is 1. The molecular weight excluding hydrogens is 282 g/mol. The number of anilines is 1. The van der Waals surface area contributed by atoms with Crippen LogP contribution in [0.4, 0.5) is 5.82 Å². The molecule has 7 heteroatoms. The number of aromatic nitrogens is 2. The lowest BCUT2D eigenvalue weighted by molar-refractivity contribution is 0.300. The minimum absolute atomic E-state index is 0.0140. The molecule has 1 aromatic rings. The van der Waals surface area contributed by atoms with Crippen molar-refractivity contribution in [1.29, 1.82) is 5.26 Å². The van der Waals surface area contributed by atoms with E-state index in [1.807, 2.05) is 6.07 Å². The second-order valence-electron chi connectivity index (χ2n) is 6.55. The van der Waals surface area contributed by atoms with Crippen LogP contribution in [0.1, 0.15) is 26.3 Å². The third-order valence-corrected chi connectivity index (χ3v) is 4.55. The normalized spacial score (nSPS) is 20.8. The number of nitrogens with zero attached hydrogens (tertiary/aromatic N) is 4. The minimum atomic E-state index is -0.559. The van der Waals surface area contributed by atoms with Crippen molar-refractivity contribution in [2.24, 2.45) is 19.5 Å². The van der Waals surface area contributed by atoms with Crippen molar-refractivity contribution in [3.05, 3.63) is 26.4 Å². The van der Waals surface area contributed by atoms with Gasteiger partial charge in [0.1, 0.15) is 11.9 Å². The highest BCUT2D eigenvalue weighted by atomic mass is 16.2. The van der Waals surface area contributed by atoms with Crippen LogP contribution >= 0.6 is 0 Å². The van der Waals surface area contributed by atoms with E-state index in [1.165, 1.54) is 11.6 Å². The molecule has 0 spiro atoms. The summed E-state index contributed by atoms with van der Waals surface area (Å²) >= 11 is 0. The van der Waals surface area contributed by atoms with E-state index in [0.717, 1.165) is 24.2 Å². The maximum atomic E-state index is 12.1. The molecule has 7 nitrogen and oxygen atoms in total. The van der Waals surface area contributed by atoms with Gasteiger partial charge in [0.2, 0.25) is 0 Å². The van der Waals surface area contributed by atoms with Crippen molar-refractivity contribution in [2.45, 2.75) is 26.8 Å². The Kier molecular flexibility index (Phi) is 4.16. The third kappa shape index (κ3) is 2.55. The van der Waals surface area contributed by atoms with Crippen LogP contribution in [0.15, 0.2) is 9.59 Å². The van der Waals surface area contributed by atoms with Crippen molar-refractivity contribution in [3.63, 3.8) is 0 Å². The summed E-state index contributed by atoms with van der Waals surface area (Å²) in [6, 6.07) is 2.00. The van der Waals surface area contributed by atoms with Crippen LogP contribution in [0.2, 0.25) is 0 Å². The van der Waals surface area contributed by atoms with E-state index in [-0.39, 0.29) is 17.0 Å². The Balaban J connectivity index is 2.49. The Morgan fingerprint density at radius 2 is 1.95 bits per heavy atom. The van der Waals surface area contributed by atoms with E-state index >= 15 is 0 Å². The number of hydrogen-bond acceptors (Lipinski definition) is 5.